The van der Waals surface area contributed by atoms with E-state index in [2.05, 4.69) is 373 Å². The summed E-state index contributed by atoms with van der Waals surface area (Å²) in [5, 5.41) is 12.6. The lowest BCUT2D eigenvalue weighted by Gasteiger charge is -2.36. The van der Waals surface area contributed by atoms with Gasteiger partial charge in [0.25, 0.3) is 0 Å². The number of hydrogen-bond donors (Lipinski definition) is 0. The first-order valence-corrected chi connectivity index (χ1v) is 35.2. The van der Waals surface area contributed by atoms with E-state index in [1.54, 1.807) is 0 Å². The Morgan fingerprint density at radius 1 is 0.223 bits per heavy atom. The minimum absolute atomic E-state index is 1.11. The minimum atomic E-state index is -3.34. The number of thiophene rings is 1. The number of fused-ring (bicyclic) bond motifs is 9. The van der Waals surface area contributed by atoms with Gasteiger partial charge in [0.2, 0.25) is 0 Å². The van der Waals surface area contributed by atoms with Crippen molar-refractivity contribution < 1.29 is 0 Å². The van der Waals surface area contributed by atoms with Crippen molar-refractivity contribution in [3.05, 3.63) is 364 Å². The molecular weight excluding hydrogens is 1170 g/mol. The van der Waals surface area contributed by atoms with E-state index < -0.39 is 8.07 Å². The van der Waals surface area contributed by atoms with Crippen molar-refractivity contribution in [2.45, 2.75) is 0 Å². The maximum atomic E-state index is 2.59. The van der Waals surface area contributed by atoms with Gasteiger partial charge in [0.15, 0.2) is 8.07 Å². The van der Waals surface area contributed by atoms with Crippen LogP contribution in [0.25, 0.3) is 142 Å². The molecule has 0 aliphatic carbocycles. The summed E-state index contributed by atoms with van der Waals surface area (Å²) < 4.78 is 7.74. The fraction of sp³-hybridized carbons (Fsp3) is 0. The first-order chi connectivity index (χ1) is 46.7. The Hall–Kier alpha value is -11.7. The number of para-hydroxylation sites is 3. The number of nitrogens with zero attached hydrogens (tertiary/aromatic N) is 2. The van der Waals surface area contributed by atoms with Gasteiger partial charge in [0.05, 0.1) is 27.8 Å². The summed E-state index contributed by atoms with van der Waals surface area (Å²) in [5.74, 6) is 0. The quantitative estimate of drug-likeness (QED) is 0.0852. The van der Waals surface area contributed by atoms with Gasteiger partial charge in [-0.3, -0.25) is 0 Å². The van der Waals surface area contributed by atoms with Gasteiger partial charge in [-0.05, 0) is 102 Å². The molecule has 0 saturated carbocycles. The zero-order chi connectivity index (χ0) is 62.1. The monoisotopic (exact) mass is 1230 g/mol. The minimum Gasteiger partial charge on any atom is -0.309 e. The first kappa shape index (κ1) is 55.2. The molecule has 0 aliphatic rings. The van der Waals surface area contributed by atoms with Crippen molar-refractivity contribution in [3.8, 4) is 78.1 Å². The Morgan fingerprint density at radius 2 is 0.638 bits per heavy atom. The molecule has 3 heterocycles. The van der Waals surface area contributed by atoms with E-state index in [1.807, 2.05) is 11.3 Å². The van der Waals surface area contributed by atoms with Crippen molar-refractivity contribution in [3.63, 3.8) is 0 Å². The molecule has 0 amide bonds. The van der Waals surface area contributed by atoms with E-state index in [-0.39, 0.29) is 0 Å². The van der Waals surface area contributed by atoms with Crippen LogP contribution in [0.15, 0.2) is 364 Å². The van der Waals surface area contributed by atoms with Crippen LogP contribution in [0.2, 0.25) is 0 Å². The fourth-order valence-corrected chi connectivity index (χ4v) is 21.4. The molecule has 15 aromatic carbocycles. The molecule has 18 rings (SSSR count). The fourth-order valence-electron chi connectivity index (χ4n) is 15.3. The molecule has 18 aromatic rings. The lowest BCUT2D eigenvalue weighted by atomic mass is 9.92. The molecule has 0 aliphatic heterocycles. The van der Waals surface area contributed by atoms with Crippen molar-refractivity contribution >= 4 is 104 Å². The topological polar surface area (TPSA) is 9.86 Å². The number of hydrogen-bond acceptors (Lipinski definition) is 1. The normalized spacial score (nSPS) is 11.8. The third kappa shape index (κ3) is 8.98. The molecule has 0 unspecified atom stereocenters. The van der Waals surface area contributed by atoms with E-state index in [0.29, 0.717) is 0 Å². The summed E-state index contributed by atoms with van der Waals surface area (Å²) in [6.45, 7) is 0. The van der Waals surface area contributed by atoms with Gasteiger partial charge in [-0.1, -0.05) is 328 Å². The highest BCUT2D eigenvalue weighted by Gasteiger charge is 2.43. The lowest BCUT2D eigenvalue weighted by molar-refractivity contribution is 1.17. The van der Waals surface area contributed by atoms with Gasteiger partial charge < -0.3 is 9.13 Å². The number of rotatable bonds is 12. The van der Waals surface area contributed by atoms with E-state index in [0.717, 1.165) is 44.7 Å². The Balaban J connectivity index is 0.910. The van der Waals surface area contributed by atoms with Gasteiger partial charge in [0, 0.05) is 69.7 Å². The zero-order valence-electron chi connectivity index (χ0n) is 51.4. The summed E-state index contributed by atoms with van der Waals surface area (Å²) in [5.41, 5.74) is 21.1. The SMILES string of the molecule is c1ccc(-c2cccc([Si](c3ccccc3)(c3cccc(-c4ccccc4)c3)c3cc(-c4ccccc4)c(-n4c5ccccc5c5cc(-n6c7ccccc7c7cccc(-c8ccccc8-c8cccc9c8sc8ccccc89)c76)ccc54)c(-c4ccccc4)c3)c2)cc1. The van der Waals surface area contributed by atoms with E-state index >= 15 is 0 Å². The highest BCUT2D eigenvalue weighted by atomic mass is 32.1. The molecule has 4 heteroatoms. The van der Waals surface area contributed by atoms with Crippen molar-refractivity contribution in [2.24, 2.45) is 0 Å². The Labute approximate surface area is 551 Å². The van der Waals surface area contributed by atoms with Crippen molar-refractivity contribution in [1.29, 1.82) is 0 Å². The third-order valence-corrected chi connectivity index (χ3v) is 25.4. The predicted octanol–water partition coefficient (Wildman–Crippen LogP) is 21.6. The summed E-state index contributed by atoms with van der Waals surface area (Å²) in [7, 11) is -3.34. The van der Waals surface area contributed by atoms with Gasteiger partial charge in [-0.25, -0.2) is 0 Å². The summed E-state index contributed by atoms with van der Waals surface area (Å²) in [6, 6.07) is 136. The number of benzene rings is 15. The van der Waals surface area contributed by atoms with Crippen molar-refractivity contribution in [2.75, 3.05) is 0 Å². The van der Waals surface area contributed by atoms with Gasteiger partial charge >= 0.3 is 0 Å². The maximum absolute atomic E-state index is 3.34. The van der Waals surface area contributed by atoms with E-state index in [4.69, 9.17) is 0 Å². The second-order valence-corrected chi connectivity index (χ2v) is 29.5. The molecule has 440 valence electrons. The second-order valence-electron chi connectivity index (χ2n) is 24.6. The molecule has 0 N–H and O–H groups in total. The molecule has 0 radical (unpaired) electrons. The average Bonchev–Trinajstić information content (AvgIpc) is 1.15. The van der Waals surface area contributed by atoms with Crippen molar-refractivity contribution in [1.82, 2.24) is 9.13 Å². The molecule has 0 fully saturated rings. The van der Waals surface area contributed by atoms with Crippen LogP contribution in [0.5, 0.6) is 0 Å². The molecular formula is C90H60N2SSi. The van der Waals surface area contributed by atoms with Crippen LogP contribution in [-0.4, -0.2) is 17.2 Å². The van der Waals surface area contributed by atoms with Crippen LogP contribution in [0.1, 0.15) is 0 Å². The molecule has 0 spiro atoms. The Bertz CT molecular complexity index is 5760. The van der Waals surface area contributed by atoms with Gasteiger partial charge in [-0.2, -0.15) is 0 Å². The highest BCUT2D eigenvalue weighted by molar-refractivity contribution is 7.26. The van der Waals surface area contributed by atoms with E-state index in [9.17, 15) is 0 Å². The van der Waals surface area contributed by atoms with Gasteiger partial charge in [-0.15, -0.1) is 11.3 Å². The smallest absolute Gasteiger partial charge is 0.179 e. The Morgan fingerprint density at radius 3 is 1.24 bits per heavy atom. The molecule has 0 saturated heterocycles. The number of aromatic nitrogens is 2. The lowest BCUT2D eigenvalue weighted by Crippen LogP contribution is -2.74. The van der Waals surface area contributed by atoms with Crippen LogP contribution in [0.4, 0.5) is 0 Å². The zero-order valence-corrected chi connectivity index (χ0v) is 53.3. The second kappa shape index (κ2) is 22.9. The molecule has 0 atom stereocenters. The maximum Gasteiger partial charge on any atom is 0.179 e. The largest absolute Gasteiger partial charge is 0.309 e. The Kier molecular flexibility index (Phi) is 13.5. The first-order valence-electron chi connectivity index (χ1n) is 32.4. The summed E-state index contributed by atoms with van der Waals surface area (Å²) in [6.07, 6.45) is 0. The van der Waals surface area contributed by atoms with Crippen LogP contribution in [0.3, 0.4) is 0 Å². The standard InChI is InChI=1S/C90H60N2SSi/c1-6-28-61(29-7-1)65-36-24-40-69(56-65)94(68-38-14-5-15-39-68,70-41-25-37-66(57-70)62-30-8-2-9-31-62)71-59-81(63-32-10-3-11-33-63)89(82(60-71)64-34-12-4-13-35-64)92-85-52-22-19-45-75(85)83-58-67(54-55-86(83)92)91-84-51-21-18-44-74(84)78-48-26-47-77(88(78)91)72-42-16-17-43-73(72)79-49-27-50-80-76-46-20-23-53-87(76)93-90(79)80/h1-60H. The summed E-state index contributed by atoms with van der Waals surface area (Å²) >= 11 is 1.89. The summed E-state index contributed by atoms with van der Waals surface area (Å²) in [4.78, 5) is 0. The molecule has 3 aromatic heterocycles. The molecule has 2 nitrogen and oxygen atoms in total. The van der Waals surface area contributed by atoms with Crippen LogP contribution in [-0.2, 0) is 0 Å². The highest BCUT2D eigenvalue weighted by Crippen LogP contribution is 2.47. The average molecular weight is 1230 g/mol. The van der Waals surface area contributed by atoms with E-state index in [1.165, 1.54) is 118 Å². The molecule has 0 bridgehead atoms. The molecule has 94 heavy (non-hydrogen) atoms. The predicted molar refractivity (Wildman–Crippen MR) is 404 cm³/mol. The van der Waals surface area contributed by atoms with Crippen LogP contribution in [0, 0.1) is 0 Å². The van der Waals surface area contributed by atoms with Gasteiger partial charge in [0.1, 0.15) is 0 Å². The van der Waals surface area contributed by atoms with Crippen LogP contribution >= 0.6 is 11.3 Å². The van der Waals surface area contributed by atoms with Crippen LogP contribution < -0.4 is 20.7 Å². The third-order valence-electron chi connectivity index (χ3n) is 19.5.